The zero-order chi connectivity index (χ0) is 17.4. The number of esters is 1. The first-order valence-corrected chi connectivity index (χ1v) is 8.99. The molecule has 4 heteroatoms. The normalized spacial score (nSPS) is 12.5. The second kappa shape index (κ2) is 9.47. The summed E-state index contributed by atoms with van der Waals surface area (Å²) in [6.45, 7) is 3.76. The summed E-state index contributed by atoms with van der Waals surface area (Å²) in [4.78, 5) is 10.9. The molecule has 3 nitrogen and oxygen atoms in total. The van der Waals surface area contributed by atoms with Crippen molar-refractivity contribution in [3.8, 4) is 0 Å². The highest BCUT2D eigenvalue weighted by Gasteiger charge is 2.11. The minimum absolute atomic E-state index is 0.161. The van der Waals surface area contributed by atoms with Gasteiger partial charge in [-0.25, -0.2) is 0 Å². The fourth-order valence-electron chi connectivity index (χ4n) is 2.32. The van der Waals surface area contributed by atoms with Crippen LogP contribution in [0.15, 0.2) is 66.2 Å². The van der Waals surface area contributed by atoms with Gasteiger partial charge in [-0.2, -0.15) is 0 Å². The van der Waals surface area contributed by atoms with Gasteiger partial charge in [-0.3, -0.25) is 4.79 Å². The van der Waals surface area contributed by atoms with Gasteiger partial charge in [-0.1, -0.05) is 48.5 Å². The van der Waals surface area contributed by atoms with Crippen molar-refractivity contribution < 1.29 is 9.53 Å². The van der Waals surface area contributed by atoms with E-state index in [0.717, 1.165) is 17.7 Å². The Labute approximate surface area is 157 Å². The Morgan fingerprint density at radius 2 is 1.79 bits per heavy atom. The van der Waals surface area contributed by atoms with E-state index in [4.69, 9.17) is 4.74 Å². The van der Waals surface area contributed by atoms with E-state index in [1.54, 1.807) is 0 Å². The van der Waals surface area contributed by atoms with Crippen molar-refractivity contribution in [2.24, 2.45) is 0 Å². The number of hydrogen-bond donors (Lipinski definition) is 1. The van der Waals surface area contributed by atoms with E-state index in [9.17, 15) is 4.79 Å². The summed E-state index contributed by atoms with van der Waals surface area (Å²) in [7, 11) is 0. The van der Waals surface area contributed by atoms with Crippen LogP contribution in [0.3, 0.4) is 0 Å². The van der Waals surface area contributed by atoms with Crippen LogP contribution in [0.1, 0.15) is 31.9 Å². The first kappa shape index (κ1) is 18.5. The summed E-state index contributed by atoms with van der Waals surface area (Å²) < 4.78 is 6.24. The summed E-state index contributed by atoms with van der Waals surface area (Å²) in [5.74, 6) is -0.251. The Morgan fingerprint density at radius 1 is 1.12 bits per heavy atom. The van der Waals surface area contributed by atoms with Crippen molar-refractivity contribution >= 4 is 34.2 Å². The maximum absolute atomic E-state index is 10.9. The zero-order valence-corrected chi connectivity index (χ0v) is 16.1. The van der Waals surface area contributed by atoms with Crippen molar-refractivity contribution in [3.63, 3.8) is 0 Å². The maximum atomic E-state index is 10.9. The lowest BCUT2D eigenvalue weighted by molar-refractivity contribution is -0.139. The molecule has 0 aliphatic rings. The lowest BCUT2D eigenvalue weighted by atomic mass is 10.0. The molecule has 0 aromatic heterocycles. The molecule has 0 amide bonds. The lowest BCUT2D eigenvalue weighted by Crippen LogP contribution is -2.11. The number of benzene rings is 2. The van der Waals surface area contributed by atoms with E-state index in [2.05, 4.69) is 70.4 Å². The van der Waals surface area contributed by atoms with Crippen LogP contribution in [-0.2, 0) is 9.53 Å². The number of hydrogen-bond acceptors (Lipinski definition) is 3. The molecule has 0 radical (unpaired) electrons. The molecule has 0 bridgehead atoms. The molecule has 0 heterocycles. The highest BCUT2D eigenvalue weighted by molar-refractivity contribution is 14.1. The van der Waals surface area contributed by atoms with Crippen LogP contribution in [0.5, 0.6) is 0 Å². The van der Waals surface area contributed by atoms with Crippen LogP contribution >= 0.6 is 22.6 Å². The van der Waals surface area contributed by atoms with Gasteiger partial charge in [0.2, 0.25) is 0 Å². The number of carbonyl (C=O) groups excluding carboxylic acids is 1. The average molecular weight is 435 g/mol. The smallest absolute Gasteiger partial charge is 0.302 e. The third-order valence-corrected chi connectivity index (χ3v) is 4.55. The molecule has 1 atom stereocenters. The Kier molecular flexibility index (Phi) is 7.31. The molecule has 0 aliphatic carbocycles. The average Bonchev–Trinajstić information content (AvgIpc) is 2.59. The number of anilines is 1. The second-order valence-corrected chi connectivity index (χ2v) is 6.82. The molecule has 126 valence electrons. The Hall–Kier alpha value is -1.82. The van der Waals surface area contributed by atoms with Gasteiger partial charge in [-0.15, -0.1) is 0 Å². The van der Waals surface area contributed by atoms with Crippen molar-refractivity contribution in [3.05, 3.63) is 75.4 Å². The summed E-state index contributed by atoms with van der Waals surface area (Å²) in [5.41, 5.74) is 3.40. The topological polar surface area (TPSA) is 38.3 Å². The van der Waals surface area contributed by atoms with E-state index in [1.807, 2.05) is 25.1 Å². The van der Waals surface area contributed by atoms with E-state index >= 15 is 0 Å². The fraction of sp³-hybridized carbons (Fsp3) is 0.250. The lowest BCUT2D eigenvalue weighted by Gasteiger charge is -2.20. The molecular weight excluding hydrogens is 413 g/mol. The SMILES string of the molecule is CC(=O)OC/C(C)=C/CC(Nc1ccccc1I)c1ccccc1. The molecule has 0 fully saturated rings. The van der Waals surface area contributed by atoms with Gasteiger partial charge >= 0.3 is 5.97 Å². The molecule has 2 rings (SSSR count). The Morgan fingerprint density at radius 3 is 2.46 bits per heavy atom. The quantitative estimate of drug-likeness (QED) is 0.362. The third-order valence-electron chi connectivity index (χ3n) is 3.61. The number of ether oxygens (including phenoxy) is 1. The standard InChI is InChI=1S/C20H22INO2/c1-15(14-24-16(2)23)12-13-19(17-8-4-3-5-9-17)22-20-11-7-6-10-18(20)21/h3-12,19,22H,13-14H2,1-2H3/b15-12+. The first-order chi connectivity index (χ1) is 11.6. The van der Waals surface area contributed by atoms with Crippen molar-refractivity contribution in [2.75, 3.05) is 11.9 Å². The summed E-state index contributed by atoms with van der Waals surface area (Å²) >= 11 is 2.34. The Balaban J connectivity index is 2.13. The van der Waals surface area contributed by atoms with Crippen LogP contribution in [0.4, 0.5) is 5.69 Å². The van der Waals surface area contributed by atoms with Crippen LogP contribution in [0.25, 0.3) is 0 Å². The van der Waals surface area contributed by atoms with Gasteiger partial charge in [0.05, 0.1) is 6.04 Å². The third kappa shape index (κ3) is 6.00. The Bertz CT molecular complexity index is 698. The maximum Gasteiger partial charge on any atom is 0.302 e. The molecule has 1 N–H and O–H groups in total. The molecule has 2 aromatic carbocycles. The molecule has 0 saturated carbocycles. The number of halogens is 1. The van der Waals surface area contributed by atoms with Gasteiger partial charge in [-0.05, 0) is 59.2 Å². The molecule has 1 unspecified atom stereocenters. The van der Waals surface area contributed by atoms with E-state index in [0.29, 0.717) is 6.61 Å². The molecule has 24 heavy (non-hydrogen) atoms. The van der Waals surface area contributed by atoms with Gasteiger partial charge in [0.15, 0.2) is 0 Å². The van der Waals surface area contributed by atoms with Crippen LogP contribution in [-0.4, -0.2) is 12.6 Å². The van der Waals surface area contributed by atoms with Gasteiger partial charge in [0.25, 0.3) is 0 Å². The minimum atomic E-state index is -0.251. The van der Waals surface area contributed by atoms with Crippen molar-refractivity contribution in [2.45, 2.75) is 26.3 Å². The van der Waals surface area contributed by atoms with E-state index in [-0.39, 0.29) is 12.0 Å². The molecule has 0 aliphatic heterocycles. The second-order valence-electron chi connectivity index (χ2n) is 5.65. The molecule has 2 aromatic rings. The van der Waals surface area contributed by atoms with Crippen LogP contribution in [0, 0.1) is 3.57 Å². The predicted octanol–water partition coefficient (Wildman–Crippen LogP) is 5.34. The van der Waals surface area contributed by atoms with E-state index in [1.165, 1.54) is 16.1 Å². The number of carbonyl (C=O) groups is 1. The molecule has 0 spiro atoms. The van der Waals surface area contributed by atoms with Crippen molar-refractivity contribution in [1.82, 2.24) is 0 Å². The van der Waals surface area contributed by atoms with Crippen molar-refractivity contribution in [1.29, 1.82) is 0 Å². The molecule has 0 saturated heterocycles. The zero-order valence-electron chi connectivity index (χ0n) is 14.0. The van der Waals surface area contributed by atoms with Gasteiger partial charge in [0.1, 0.15) is 6.61 Å². The van der Waals surface area contributed by atoms with E-state index < -0.39 is 0 Å². The van der Waals surface area contributed by atoms with Gasteiger partial charge < -0.3 is 10.1 Å². The molecular formula is C20H22INO2. The number of nitrogens with one attached hydrogen (secondary N) is 1. The largest absolute Gasteiger partial charge is 0.461 e. The van der Waals surface area contributed by atoms with Crippen LogP contribution < -0.4 is 5.32 Å². The predicted molar refractivity (Wildman–Crippen MR) is 107 cm³/mol. The first-order valence-electron chi connectivity index (χ1n) is 7.91. The minimum Gasteiger partial charge on any atom is -0.461 e. The summed E-state index contributed by atoms with van der Waals surface area (Å²) in [5, 5.41) is 3.62. The van der Waals surface area contributed by atoms with Gasteiger partial charge in [0, 0.05) is 16.2 Å². The van der Waals surface area contributed by atoms with Crippen LogP contribution in [0.2, 0.25) is 0 Å². The highest BCUT2D eigenvalue weighted by Crippen LogP contribution is 2.26. The monoisotopic (exact) mass is 435 g/mol. The number of rotatable bonds is 7. The summed E-state index contributed by atoms with van der Waals surface area (Å²) in [6, 6.07) is 18.8. The fourth-order valence-corrected chi connectivity index (χ4v) is 2.87. The number of para-hydroxylation sites is 1. The highest BCUT2D eigenvalue weighted by atomic mass is 127. The summed E-state index contributed by atoms with van der Waals surface area (Å²) in [6.07, 6.45) is 2.95.